The summed E-state index contributed by atoms with van der Waals surface area (Å²) in [6.45, 7) is 5.72. The number of para-hydroxylation sites is 1. The van der Waals surface area contributed by atoms with Crippen molar-refractivity contribution in [3.63, 3.8) is 0 Å². The van der Waals surface area contributed by atoms with E-state index in [2.05, 4.69) is 5.32 Å². The standard InChI is InChI=1S/C13H19FN2O/c1-8(2)7-11(15)13(17)16-12-9(3)5-4-6-10(12)14/h4-6,8,11H,7,15H2,1-3H3,(H,16,17). The summed E-state index contributed by atoms with van der Waals surface area (Å²) in [6.07, 6.45) is 0.583. The Hall–Kier alpha value is -1.42. The predicted octanol–water partition coefficient (Wildman–Crippen LogP) is 2.45. The van der Waals surface area contributed by atoms with E-state index in [1.807, 2.05) is 13.8 Å². The Morgan fingerprint density at radius 2 is 2.12 bits per heavy atom. The molecular weight excluding hydrogens is 219 g/mol. The Bertz CT molecular complexity index is 384. The maximum absolute atomic E-state index is 13.5. The minimum Gasteiger partial charge on any atom is -0.322 e. The highest BCUT2D eigenvalue weighted by Crippen LogP contribution is 2.19. The molecule has 17 heavy (non-hydrogen) atoms. The normalized spacial score (nSPS) is 12.6. The molecule has 0 aliphatic heterocycles. The first-order valence-corrected chi connectivity index (χ1v) is 5.73. The highest BCUT2D eigenvalue weighted by atomic mass is 19.1. The second-order valence-corrected chi connectivity index (χ2v) is 4.66. The predicted molar refractivity (Wildman–Crippen MR) is 67.2 cm³/mol. The van der Waals surface area contributed by atoms with Crippen molar-refractivity contribution >= 4 is 11.6 Å². The van der Waals surface area contributed by atoms with Gasteiger partial charge in [-0.15, -0.1) is 0 Å². The van der Waals surface area contributed by atoms with Gasteiger partial charge in [-0.3, -0.25) is 4.79 Å². The molecule has 3 N–H and O–H groups in total. The molecule has 94 valence electrons. The summed E-state index contributed by atoms with van der Waals surface area (Å²) >= 11 is 0. The summed E-state index contributed by atoms with van der Waals surface area (Å²) in [7, 11) is 0. The van der Waals surface area contributed by atoms with Crippen LogP contribution in [0.3, 0.4) is 0 Å². The molecule has 0 saturated heterocycles. The Morgan fingerprint density at radius 3 is 2.65 bits per heavy atom. The van der Waals surface area contributed by atoms with E-state index in [4.69, 9.17) is 5.73 Å². The molecule has 1 atom stereocenters. The van der Waals surface area contributed by atoms with E-state index < -0.39 is 11.9 Å². The summed E-state index contributed by atoms with van der Waals surface area (Å²) in [5.74, 6) is -0.445. The number of halogens is 1. The van der Waals surface area contributed by atoms with Crippen LogP contribution < -0.4 is 11.1 Å². The number of amides is 1. The SMILES string of the molecule is Cc1cccc(F)c1NC(=O)C(N)CC(C)C. The first-order chi connectivity index (χ1) is 7.91. The minimum atomic E-state index is -0.603. The van der Waals surface area contributed by atoms with E-state index in [9.17, 15) is 9.18 Å². The maximum atomic E-state index is 13.5. The Morgan fingerprint density at radius 1 is 1.47 bits per heavy atom. The van der Waals surface area contributed by atoms with Gasteiger partial charge in [0.15, 0.2) is 0 Å². The Balaban J connectivity index is 2.74. The van der Waals surface area contributed by atoms with Gasteiger partial charge in [0.2, 0.25) is 5.91 Å². The number of anilines is 1. The molecule has 0 heterocycles. The van der Waals surface area contributed by atoms with Gasteiger partial charge < -0.3 is 11.1 Å². The number of hydrogen-bond acceptors (Lipinski definition) is 2. The van der Waals surface area contributed by atoms with Crippen LogP contribution in [-0.4, -0.2) is 11.9 Å². The highest BCUT2D eigenvalue weighted by Gasteiger charge is 2.17. The molecule has 4 heteroatoms. The van der Waals surface area contributed by atoms with E-state index in [0.29, 0.717) is 17.9 Å². The smallest absolute Gasteiger partial charge is 0.241 e. The van der Waals surface area contributed by atoms with Crippen LogP contribution in [-0.2, 0) is 4.79 Å². The molecule has 0 aliphatic carbocycles. The van der Waals surface area contributed by atoms with Crippen molar-refractivity contribution in [1.29, 1.82) is 0 Å². The lowest BCUT2D eigenvalue weighted by Gasteiger charge is -2.15. The molecule has 1 rings (SSSR count). The van der Waals surface area contributed by atoms with Gasteiger partial charge in [-0.2, -0.15) is 0 Å². The van der Waals surface area contributed by atoms with Crippen LogP contribution in [0.1, 0.15) is 25.8 Å². The minimum absolute atomic E-state index is 0.219. The zero-order valence-corrected chi connectivity index (χ0v) is 10.5. The van der Waals surface area contributed by atoms with Crippen molar-refractivity contribution < 1.29 is 9.18 Å². The Labute approximate surface area is 101 Å². The zero-order chi connectivity index (χ0) is 13.0. The molecule has 1 aromatic carbocycles. The molecule has 0 bridgehead atoms. The fourth-order valence-corrected chi connectivity index (χ4v) is 1.62. The van der Waals surface area contributed by atoms with E-state index in [0.717, 1.165) is 0 Å². The third kappa shape index (κ3) is 3.82. The molecule has 1 amide bonds. The quantitative estimate of drug-likeness (QED) is 0.846. The van der Waals surface area contributed by atoms with E-state index in [-0.39, 0.29) is 11.6 Å². The molecule has 0 aliphatic rings. The molecule has 0 saturated carbocycles. The maximum Gasteiger partial charge on any atom is 0.241 e. The summed E-state index contributed by atoms with van der Waals surface area (Å²) < 4.78 is 13.5. The molecule has 3 nitrogen and oxygen atoms in total. The van der Waals surface area contributed by atoms with Gasteiger partial charge in [-0.25, -0.2) is 4.39 Å². The van der Waals surface area contributed by atoms with Crippen LogP contribution in [0.4, 0.5) is 10.1 Å². The van der Waals surface area contributed by atoms with E-state index >= 15 is 0 Å². The number of carbonyl (C=O) groups is 1. The van der Waals surface area contributed by atoms with E-state index in [1.54, 1.807) is 19.1 Å². The van der Waals surface area contributed by atoms with Gasteiger partial charge in [-0.05, 0) is 30.9 Å². The highest BCUT2D eigenvalue weighted by molar-refractivity contribution is 5.95. The van der Waals surface area contributed by atoms with Gasteiger partial charge in [0.1, 0.15) is 5.82 Å². The number of hydrogen-bond donors (Lipinski definition) is 2. The summed E-state index contributed by atoms with van der Waals surface area (Å²) in [5.41, 5.74) is 6.64. The lowest BCUT2D eigenvalue weighted by molar-refractivity contribution is -0.117. The average molecular weight is 238 g/mol. The number of benzene rings is 1. The van der Waals surface area contributed by atoms with Crippen molar-refractivity contribution in [3.8, 4) is 0 Å². The monoisotopic (exact) mass is 238 g/mol. The molecular formula is C13H19FN2O. The van der Waals surface area contributed by atoms with Gasteiger partial charge in [-0.1, -0.05) is 26.0 Å². The molecule has 1 aromatic rings. The first-order valence-electron chi connectivity index (χ1n) is 5.73. The van der Waals surface area contributed by atoms with Crippen molar-refractivity contribution in [2.24, 2.45) is 11.7 Å². The molecule has 0 aromatic heterocycles. The van der Waals surface area contributed by atoms with Gasteiger partial charge in [0, 0.05) is 0 Å². The second-order valence-electron chi connectivity index (χ2n) is 4.66. The number of nitrogens with one attached hydrogen (secondary N) is 1. The van der Waals surface area contributed by atoms with Gasteiger partial charge in [0.05, 0.1) is 11.7 Å². The van der Waals surface area contributed by atoms with Crippen molar-refractivity contribution in [2.75, 3.05) is 5.32 Å². The molecule has 0 fully saturated rings. The second kappa shape index (κ2) is 5.77. The van der Waals surface area contributed by atoms with Gasteiger partial charge in [0.25, 0.3) is 0 Å². The number of aryl methyl sites for hydroxylation is 1. The van der Waals surface area contributed by atoms with E-state index in [1.165, 1.54) is 6.07 Å². The fourth-order valence-electron chi connectivity index (χ4n) is 1.62. The van der Waals surface area contributed by atoms with Crippen molar-refractivity contribution in [3.05, 3.63) is 29.6 Å². The van der Waals surface area contributed by atoms with Crippen LogP contribution in [0.5, 0.6) is 0 Å². The molecule has 0 spiro atoms. The van der Waals surface area contributed by atoms with Crippen LogP contribution >= 0.6 is 0 Å². The zero-order valence-electron chi connectivity index (χ0n) is 10.5. The van der Waals surface area contributed by atoms with Crippen LogP contribution in [0.2, 0.25) is 0 Å². The topological polar surface area (TPSA) is 55.1 Å². The van der Waals surface area contributed by atoms with Crippen molar-refractivity contribution in [1.82, 2.24) is 0 Å². The molecule has 0 radical (unpaired) electrons. The van der Waals surface area contributed by atoms with Crippen LogP contribution in [0.15, 0.2) is 18.2 Å². The lowest BCUT2D eigenvalue weighted by Crippen LogP contribution is -2.37. The fraction of sp³-hybridized carbons (Fsp3) is 0.462. The van der Waals surface area contributed by atoms with Crippen LogP contribution in [0, 0.1) is 18.7 Å². The Kier molecular flexibility index (Phi) is 4.63. The number of carbonyl (C=O) groups excluding carboxylic acids is 1. The summed E-state index contributed by atoms with van der Waals surface area (Å²) in [4.78, 5) is 11.7. The number of nitrogens with two attached hydrogens (primary N) is 1. The van der Waals surface area contributed by atoms with Gasteiger partial charge >= 0.3 is 0 Å². The first kappa shape index (κ1) is 13.6. The third-order valence-electron chi connectivity index (χ3n) is 2.53. The summed E-state index contributed by atoms with van der Waals surface area (Å²) in [6, 6.07) is 4.06. The lowest BCUT2D eigenvalue weighted by atomic mass is 10.0. The summed E-state index contributed by atoms with van der Waals surface area (Å²) in [5, 5.41) is 2.54. The van der Waals surface area contributed by atoms with Crippen molar-refractivity contribution in [2.45, 2.75) is 33.2 Å². The number of rotatable bonds is 4. The van der Waals surface area contributed by atoms with Crippen LogP contribution in [0.25, 0.3) is 0 Å². The third-order valence-corrected chi connectivity index (χ3v) is 2.53. The molecule has 1 unspecified atom stereocenters. The largest absolute Gasteiger partial charge is 0.322 e. The average Bonchev–Trinajstić information content (AvgIpc) is 2.22.